The van der Waals surface area contributed by atoms with Gasteiger partial charge in [-0.25, -0.2) is 0 Å². The summed E-state index contributed by atoms with van der Waals surface area (Å²) < 4.78 is 11.1. The Balaban J connectivity index is 2.54. The Kier molecular flexibility index (Phi) is 2.33. The molecule has 0 aromatic carbocycles. The number of hydrogen-bond donors (Lipinski definition) is 1. The van der Waals surface area contributed by atoms with Gasteiger partial charge in [-0.05, 0) is 22.0 Å². The average Bonchev–Trinajstić information content (AvgIpc) is 2.75. The van der Waals surface area contributed by atoms with Crippen LogP contribution in [0.15, 0.2) is 25.7 Å². The van der Waals surface area contributed by atoms with Gasteiger partial charge < -0.3 is 14.7 Å². The third-order valence-corrected chi connectivity index (χ3v) is 2.74. The molecule has 2 heterocycles. The molecule has 0 fully saturated rings. The highest BCUT2D eigenvalue weighted by molar-refractivity contribution is 9.10. The third kappa shape index (κ3) is 1.33. The van der Waals surface area contributed by atoms with Crippen molar-refractivity contribution in [2.75, 3.05) is 5.73 Å². The number of anilines is 1. The molecule has 2 N–H and O–H groups in total. The van der Waals surface area contributed by atoms with Gasteiger partial charge in [-0.15, -0.1) is 0 Å². The lowest BCUT2D eigenvalue weighted by Gasteiger charge is -1.94. The van der Waals surface area contributed by atoms with Crippen molar-refractivity contribution in [2.45, 2.75) is 13.3 Å². The Hall–Kier alpha value is -1.23. The molecule has 2 rings (SSSR count). The van der Waals surface area contributed by atoms with Gasteiger partial charge in [-0.1, -0.05) is 12.1 Å². The highest BCUT2D eigenvalue weighted by Crippen LogP contribution is 2.34. The minimum atomic E-state index is 0.350. The number of nitrogens with zero attached hydrogens (tertiary/aromatic N) is 1. The van der Waals surface area contributed by atoms with Crippen molar-refractivity contribution in [1.29, 1.82) is 0 Å². The zero-order chi connectivity index (χ0) is 10.1. The number of aryl methyl sites for hydroxylation is 1. The van der Waals surface area contributed by atoms with E-state index in [1.807, 2.05) is 13.0 Å². The second-order valence-electron chi connectivity index (χ2n) is 2.82. The van der Waals surface area contributed by atoms with E-state index in [-0.39, 0.29) is 0 Å². The lowest BCUT2D eigenvalue weighted by molar-refractivity contribution is 0.433. The van der Waals surface area contributed by atoms with Crippen LogP contribution in [-0.4, -0.2) is 5.16 Å². The van der Waals surface area contributed by atoms with Gasteiger partial charge in [0.25, 0.3) is 0 Å². The molecular formula is C9H9BrN2O2. The molecule has 2 aromatic heterocycles. The van der Waals surface area contributed by atoms with E-state index in [2.05, 4.69) is 21.1 Å². The maximum atomic E-state index is 5.56. The van der Waals surface area contributed by atoms with Crippen LogP contribution in [0.25, 0.3) is 11.3 Å². The van der Waals surface area contributed by atoms with Crippen molar-refractivity contribution in [3.8, 4) is 11.3 Å². The highest BCUT2D eigenvalue weighted by atomic mass is 79.9. The van der Waals surface area contributed by atoms with Crippen LogP contribution in [-0.2, 0) is 6.42 Å². The summed E-state index contributed by atoms with van der Waals surface area (Å²) in [6.45, 7) is 2.01. The molecule has 2 aromatic rings. The van der Waals surface area contributed by atoms with Gasteiger partial charge in [0, 0.05) is 6.42 Å². The van der Waals surface area contributed by atoms with E-state index in [4.69, 9.17) is 14.7 Å². The maximum absolute atomic E-state index is 5.56. The van der Waals surface area contributed by atoms with Gasteiger partial charge in [0.05, 0.1) is 11.8 Å². The van der Waals surface area contributed by atoms with Gasteiger partial charge >= 0.3 is 0 Å². The standard InChI is InChI=1S/C9H9BrN2O2/c1-2-6-5(3-4-13-6)8-7(10)9(11)12-14-8/h3-4H,2H2,1H3,(H2,11,12). The summed E-state index contributed by atoms with van der Waals surface area (Å²) in [6.07, 6.45) is 2.43. The molecule has 0 saturated carbocycles. The normalized spacial score (nSPS) is 10.7. The molecule has 0 amide bonds. The Morgan fingerprint density at radius 3 is 2.93 bits per heavy atom. The van der Waals surface area contributed by atoms with Crippen molar-refractivity contribution in [3.05, 3.63) is 22.6 Å². The van der Waals surface area contributed by atoms with E-state index in [0.29, 0.717) is 16.1 Å². The van der Waals surface area contributed by atoms with Crippen molar-refractivity contribution in [2.24, 2.45) is 0 Å². The van der Waals surface area contributed by atoms with Gasteiger partial charge in [0.2, 0.25) is 0 Å². The highest BCUT2D eigenvalue weighted by Gasteiger charge is 2.17. The first-order valence-corrected chi connectivity index (χ1v) is 5.00. The number of furan rings is 1. The SMILES string of the molecule is CCc1occc1-c1onc(N)c1Br. The Bertz CT molecular complexity index is 447. The van der Waals surface area contributed by atoms with Gasteiger partial charge in [0.1, 0.15) is 10.2 Å². The van der Waals surface area contributed by atoms with E-state index in [1.165, 1.54) is 0 Å². The zero-order valence-electron chi connectivity index (χ0n) is 7.58. The molecule has 5 heteroatoms. The molecule has 0 atom stereocenters. The maximum Gasteiger partial charge on any atom is 0.186 e. The van der Waals surface area contributed by atoms with Gasteiger partial charge in [0.15, 0.2) is 11.6 Å². The first-order valence-electron chi connectivity index (χ1n) is 4.21. The smallest absolute Gasteiger partial charge is 0.186 e. The second kappa shape index (κ2) is 3.49. The van der Waals surface area contributed by atoms with Crippen LogP contribution in [0.2, 0.25) is 0 Å². The van der Waals surface area contributed by atoms with Crippen LogP contribution in [0.4, 0.5) is 5.82 Å². The Labute approximate surface area is 89.2 Å². The summed E-state index contributed by atoms with van der Waals surface area (Å²) in [5, 5.41) is 3.66. The fraction of sp³-hybridized carbons (Fsp3) is 0.222. The largest absolute Gasteiger partial charge is 0.469 e. The Morgan fingerprint density at radius 2 is 2.36 bits per heavy atom. The number of hydrogen-bond acceptors (Lipinski definition) is 4. The van der Waals surface area contributed by atoms with E-state index >= 15 is 0 Å². The van der Waals surface area contributed by atoms with Crippen LogP contribution in [0.1, 0.15) is 12.7 Å². The third-order valence-electron chi connectivity index (χ3n) is 1.97. The fourth-order valence-electron chi connectivity index (χ4n) is 1.28. The molecule has 0 bridgehead atoms. The zero-order valence-corrected chi connectivity index (χ0v) is 9.17. The summed E-state index contributed by atoms with van der Waals surface area (Å²) in [5.74, 6) is 1.83. The molecule has 0 aliphatic heterocycles. The summed E-state index contributed by atoms with van der Waals surface area (Å²) in [5.41, 5.74) is 6.45. The Morgan fingerprint density at radius 1 is 1.57 bits per heavy atom. The van der Waals surface area contributed by atoms with Crippen LogP contribution in [0, 0.1) is 0 Å². The van der Waals surface area contributed by atoms with Crippen LogP contribution in [0.5, 0.6) is 0 Å². The molecule has 0 aliphatic rings. The van der Waals surface area contributed by atoms with Crippen molar-refractivity contribution in [3.63, 3.8) is 0 Å². The number of rotatable bonds is 2. The predicted molar refractivity (Wildman–Crippen MR) is 55.7 cm³/mol. The molecule has 0 saturated heterocycles. The lowest BCUT2D eigenvalue weighted by atomic mass is 10.1. The topological polar surface area (TPSA) is 65.2 Å². The quantitative estimate of drug-likeness (QED) is 0.898. The number of nitrogen functional groups attached to an aromatic ring is 1. The summed E-state index contributed by atoms with van der Waals surface area (Å²) >= 11 is 3.31. The molecular weight excluding hydrogens is 248 g/mol. The fourth-order valence-corrected chi connectivity index (χ4v) is 1.63. The molecule has 0 radical (unpaired) electrons. The van der Waals surface area contributed by atoms with E-state index in [1.54, 1.807) is 6.26 Å². The minimum absolute atomic E-state index is 0.350. The molecule has 0 aliphatic carbocycles. The van der Waals surface area contributed by atoms with Gasteiger partial charge in [-0.2, -0.15) is 0 Å². The van der Waals surface area contributed by atoms with E-state index in [0.717, 1.165) is 17.7 Å². The number of aromatic nitrogens is 1. The monoisotopic (exact) mass is 256 g/mol. The van der Waals surface area contributed by atoms with Crippen molar-refractivity contribution < 1.29 is 8.94 Å². The second-order valence-corrected chi connectivity index (χ2v) is 3.61. The molecule has 14 heavy (non-hydrogen) atoms. The number of halogens is 1. The first kappa shape index (κ1) is 9.33. The molecule has 4 nitrogen and oxygen atoms in total. The summed E-state index contributed by atoms with van der Waals surface area (Å²) in [7, 11) is 0. The van der Waals surface area contributed by atoms with Crippen LogP contribution >= 0.6 is 15.9 Å². The van der Waals surface area contributed by atoms with E-state index < -0.39 is 0 Å². The van der Waals surface area contributed by atoms with Crippen LogP contribution in [0.3, 0.4) is 0 Å². The minimum Gasteiger partial charge on any atom is -0.469 e. The van der Waals surface area contributed by atoms with Crippen molar-refractivity contribution in [1.82, 2.24) is 5.16 Å². The molecule has 0 spiro atoms. The van der Waals surface area contributed by atoms with Gasteiger partial charge in [-0.3, -0.25) is 0 Å². The summed E-state index contributed by atoms with van der Waals surface area (Å²) in [6, 6.07) is 1.84. The number of nitrogens with two attached hydrogens (primary N) is 1. The summed E-state index contributed by atoms with van der Waals surface area (Å²) in [4.78, 5) is 0. The van der Waals surface area contributed by atoms with Crippen molar-refractivity contribution >= 4 is 21.7 Å². The molecule has 74 valence electrons. The first-order chi connectivity index (χ1) is 6.74. The van der Waals surface area contributed by atoms with E-state index in [9.17, 15) is 0 Å². The average molecular weight is 257 g/mol. The molecule has 0 unspecified atom stereocenters. The predicted octanol–water partition coefficient (Wildman–Crippen LogP) is 2.84. The van der Waals surface area contributed by atoms with Crippen LogP contribution < -0.4 is 5.73 Å². The lowest BCUT2D eigenvalue weighted by Crippen LogP contribution is -1.84.